The summed E-state index contributed by atoms with van der Waals surface area (Å²) >= 11 is 0. The van der Waals surface area contributed by atoms with E-state index in [0.29, 0.717) is 5.92 Å². The van der Waals surface area contributed by atoms with Gasteiger partial charge in [0.25, 0.3) is 0 Å². The highest BCUT2D eigenvalue weighted by Crippen LogP contribution is 2.00. The van der Waals surface area contributed by atoms with E-state index in [4.69, 9.17) is 0 Å². The van der Waals surface area contributed by atoms with E-state index >= 15 is 0 Å². The second kappa shape index (κ2) is 3.66. The molecule has 0 aromatic carbocycles. The molecular weight excluding hydrogens is 84.1 g/mol. The molecule has 0 bridgehead atoms. The lowest BCUT2D eigenvalue weighted by molar-refractivity contribution is 0.748. The minimum Gasteiger partial charge on any atom is -0.103 e. The normalized spacial score (nSPS) is 12.7. The van der Waals surface area contributed by atoms with Crippen molar-refractivity contribution >= 4 is 0 Å². The summed E-state index contributed by atoms with van der Waals surface area (Å²) in [5, 5.41) is 0. The van der Waals surface area contributed by atoms with Gasteiger partial charge in [0.15, 0.2) is 0 Å². The largest absolute Gasteiger partial charge is 0.103 e. The Morgan fingerprint density at radius 1 is 1.57 bits per heavy atom. The molecule has 0 fully saturated rings. The maximum absolute atomic E-state index is 3.63. The Kier molecular flexibility index (Phi) is 3.39. The van der Waals surface area contributed by atoms with Crippen molar-refractivity contribution in [3.63, 3.8) is 0 Å². The molecule has 1 unspecified atom stereocenters. The molecule has 0 radical (unpaired) electrons. The maximum atomic E-state index is 3.63. The molecule has 0 saturated heterocycles. The molecule has 1 atom stereocenters. The van der Waals surface area contributed by atoms with E-state index < -0.39 is 0 Å². The van der Waals surface area contributed by atoms with E-state index in [9.17, 15) is 0 Å². The standard InChI is InChI=1S/C7H12/c1-4-6-7(3)5-2/h4-5,7H,1-2,6H2,3H3. The molecule has 0 saturated carbocycles. The Morgan fingerprint density at radius 3 is 2.29 bits per heavy atom. The third-order valence-electron chi connectivity index (χ3n) is 0.941. The Hall–Kier alpha value is -0.520. The lowest BCUT2D eigenvalue weighted by atomic mass is 10.1. The third kappa shape index (κ3) is 3.31. The number of hydrogen-bond acceptors (Lipinski definition) is 0. The highest BCUT2D eigenvalue weighted by molar-refractivity contribution is 4.81. The van der Waals surface area contributed by atoms with E-state index in [0.717, 1.165) is 6.42 Å². The average Bonchev–Trinajstić information content (AvgIpc) is 1.68. The van der Waals surface area contributed by atoms with Crippen LogP contribution in [-0.4, -0.2) is 0 Å². The minimum absolute atomic E-state index is 0.595. The zero-order valence-corrected chi connectivity index (χ0v) is 4.85. The van der Waals surface area contributed by atoms with Crippen LogP contribution in [0.25, 0.3) is 0 Å². The second-order valence-corrected chi connectivity index (χ2v) is 1.74. The monoisotopic (exact) mass is 96.1 g/mol. The van der Waals surface area contributed by atoms with Crippen LogP contribution in [0.3, 0.4) is 0 Å². The minimum atomic E-state index is 0.595. The summed E-state index contributed by atoms with van der Waals surface area (Å²) in [6, 6.07) is 0. The summed E-state index contributed by atoms with van der Waals surface area (Å²) in [6.45, 7) is 9.35. The molecule has 0 spiro atoms. The van der Waals surface area contributed by atoms with Crippen LogP contribution < -0.4 is 0 Å². The molecule has 7 heavy (non-hydrogen) atoms. The molecule has 0 aliphatic heterocycles. The molecule has 0 aromatic heterocycles. The van der Waals surface area contributed by atoms with Crippen molar-refractivity contribution in [2.24, 2.45) is 5.92 Å². The molecule has 0 nitrogen and oxygen atoms in total. The van der Waals surface area contributed by atoms with Crippen LogP contribution in [0, 0.1) is 5.92 Å². The second-order valence-electron chi connectivity index (χ2n) is 1.74. The predicted octanol–water partition coefficient (Wildman–Crippen LogP) is 2.38. The van der Waals surface area contributed by atoms with E-state index in [1.807, 2.05) is 12.2 Å². The van der Waals surface area contributed by atoms with Gasteiger partial charge in [-0.15, -0.1) is 13.2 Å². The van der Waals surface area contributed by atoms with Crippen molar-refractivity contribution in [1.29, 1.82) is 0 Å². The fourth-order valence-corrected chi connectivity index (χ4v) is 0.359. The lowest BCUT2D eigenvalue weighted by Gasteiger charge is -1.95. The van der Waals surface area contributed by atoms with Gasteiger partial charge >= 0.3 is 0 Å². The zero-order valence-electron chi connectivity index (χ0n) is 4.85. The van der Waals surface area contributed by atoms with Crippen molar-refractivity contribution < 1.29 is 0 Å². The number of allylic oxidation sites excluding steroid dienone is 2. The smallest absolute Gasteiger partial charge is 0.0230 e. The van der Waals surface area contributed by atoms with Crippen LogP contribution >= 0.6 is 0 Å². The van der Waals surface area contributed by atoms with E-state index in [1.54, 1.807) is 0 Å². The summed E-state index contributed by atoms with van der Waals surface area (Å²) in [7, 11) is 0. The molecule has 0 aliphatic carbocycles. The Morgan fingerprint density at radius 2 is 2.14 bits per heavy atom. The molecule has 0 aromatic rings. The topological polar surface area (TPSA) is 0 Å². The zero-order chi connectivity index (χ0) is 5.70. The van der Waals surface area contributed by atoms with E-state index in [2.05, 4.69) is 20.1 Å². The van der Waals surface area contributed by atoms with Crippen LogP contribution in [0.5, 0.6) is 0 Å². The van der Waals surface area contributed by atoms with Gasteiger partial charge in [-0.3, -0.25) is 0 Å². The predicted molar refractivity (Wildman–Crippen MR) is 34.2 cm³/mol. The molecular formula is C7H12. The molecule has 0 N–H and O–H groups in total. The Balaban J connectivity index is 3.15. The molecule has 0 heterocycles. The Labute approximate surface area is 45.5 Å². The summed E-state index contributed by atoms with van der Waals surface area (Å²) in [5.41, 5.74) is 0. The van der Waals surface area contributed by atoms with Gasteiger partial charge in [0.2, 0.25) is 0 Å². The summed E-state index contributed by atoms with van der Waals surface area (Å²) in [4.78, 5) is 0. The van der Waals surface area contributed by atoms with Crippen molar-refractivity contribution in [1.82, 2.24) is 0 Å². The van der Waals surface area contributed by atoms with Gasteiger partial charge < -0.3 is 0 Å². The number of hydrogen-bond donors (Lipinski definition) is 0. The first-order chi connectivity index (χ1) is 3.31. The quantitative estimate of drug-likeness (QED) is 0.473. The van der Waals surface area contributed by atoms with Gasteiger partial charge in [-0.25, -0.2) is 0 Å². The van der Waals surface area contributed by atoms with Crippen LogP contribution in [0.2, 0.25) is 0 Å². The highest BCUT2D eigenvalue weighted by Gasteiger charge is 1.86. The van der Waals surface area contributed by atoms with Gasteiger partial charge in [-0.05, 0) is 12.3 Å². The highest BCUT2D eigenvalue weighted by atomic mass is 13.9. The van der Waals surface area contributed by atoms with Crippen molar-refractivity contribution in [3.05, 3.63) is 25.3 Å². The van der Waals surface area contributed by atoms with Gasteiger partial charge in [0.05, 0.1) is 0 Å². The molecule has 0 heteroatoms. The molecule has 40 valence electrons. The SMILES string of the molecule is C=CCC(C)C=C. The Bertz CT molecular complexity index is 62.4. The average molecular weight is 96.2 g/mol. The van der Waals surface area contributed by atoms with Gasteiger partial charge in [-0.2, -0.15) is 0 Å². The fraction of sp³-hybridized carbons (Fsp3) is 0.429. The van der Waals surface area contributed by atoms with E-state index in [-0.39, 0.29) is 0 Å². The summed E-state index contributed by atoms with van der Waals surface area (Å²) in [5.74, 6) is 0.595. The first-order valence-corrected chi connectivity index (χ1v) is 2.54. The fourth-order valence-electron chi connectivity index (χ4n) is 0.359. The van der Waals surface area contributed by atoms with Crippen LogP contribution in [0.1, 0.15) is 13.3 Å². The summed E-state index contributed by atoms with van der Waals surface area (Å²) < 4.78 is 0. The molecule has 0 rings (SSSR count). The van der Waals surface area contributed by atoms with Crippen LogP contribution in [-0.2, 0) is 0 Å². The first-order valence-electron chi connectivity index (χ1n) is 2.54. The van der Waals surface area contributed by atoms with Crippen molar-refractivity contribution in [2.75, 3.05) is 0 Å². The van der Waals surface area contributed by atoms with Crippen molar-refractivity contribution in [3.8, 4) is 0 Å². The van der Waals surface area contributed by atoms with Crippen molar-refractivity contribution in [2.45, 2.75) is 13.3 Å². The maximum Gasteiger partial charge on any atom is -0.0230 e. The van der Waals surface area contributed by atoms with E-state index in [1.165, 1.54) is 0 Å². The molecule has 0 amide bonds. The summed E-state index contributed by atoms with van der Waals surface area (Å²) in [6.07, 6.45) is 4.89. The third-order valence-corrected chi connectivity index (χ3v) is 0.941. The first kappa shape index (κ1) is 6.48. The lowest BCUT2D eigenvalue weighted by Crippen LogP contribution is -1.82. The van der Waals surface area contributed by atoms with Gasteiger partial charge in [0.1, 0.15) is 0 Å². The van der Waals surface area contributed by atoms with Crippen LogP contribution in [0.15, 0.2) is 25.3 Å². The number of rotatable bonds is 3. The molecule has 0 aliphatic rings. The van der Waals surface area contributed by atoms with Crippen LogP contribution in [0.4, 0.5) is 0 Å². The van der Waals surface area contributed by atoms with Gasteiger partial charge in [0, 0.05) is 0 Å². The van der Waals surface area contributed by atoms with Gasteiger partial charge in [-0.1, -0.05) is 19.1 Å².